The van der Waals surface area contributed by atoms with Gasteiger partial charge >= 0.3 is 12.1 Å². The summed E-state index contributed by atoms with van der Waals surface area (Å²) in [6.45, 7) is 0.307. The highest BCUT2D eigenvalue weighted by molar-refractivity contribution is 5.98. The summed E-state index contributed by atoms with van der Waals surface area (Å²) < 4.78 is 56.7. The Morgan fingerprint density at radius 2 is 2.09 bits per heavy atom. The summed E-state index contributed by atoms with van der Waals surface area (Å²) in [6.07, 6.45) is -2.42. The van der Waals surface area contributed by atoms with Gasteiger partial charge in [0.2, 0.25) is 0 Å². The van der Waals surface area contributed by atoms with Crippen molar-refractivity contribution in [3.8, 4) is 11.1 Å². The molecule has 9 heteroatoms. The molecule has 1 aromatic carbocycles. The molecular weight excluding hydrogens is 318 g/mol. The summed E-state index contributed by atoms with van der Waals surface area (Å²) in [4.78, 5) is 11.9. The van der Waals surface area contributed by atoms with Crippen LogP contribution in [-0.4, -0.2) is 28.5 Å². The summed E-state index contributed by atoms with van der Waals surface area (Å²) in [5.74, 6) is -1.67. The molecule has 2 aromatic rings. The zero-order chi connectivity index (χ0) is 17.2. The molecule has 0 aliphatic carbocycles. The highest BCUT2D eigenvalue weighted by Crippen LogP contribution is 2.30. The first kappa shape index (κ1) is 16.8. The number of rotatable bonds is 4. The number of carbonyl (C=O) groups is 1. The highest BCUT2D eigenvalue weighted by Gasteiger charge is 2.29. The number of alkyl halides is 3. The van der Waals surface area contributed by atoms with E-state index in [-0.39, 0.29) is 29.0 Å². The fourth-order valence-corrected chi connectivity index (χ4v) is 2.05. The number of aromatic nitrogens is 2. The third-order valence-electron chi connectivity index (χ3n) is 2.87. The Bertz CT molecular complexity index is 725. The zero-order valence-corrected chi connectivity index (χ0v) is 12.0. The molecule has 5 nitrogen and oxygen atoms in total. The average Bonchev–Trinajstić information content (AvgIpc) is 2.83. The molecule has 23 heavy (non-hydrogen) atoms. The fraction of sp³-hybridized carbons (Fsp3) is 0.286. The van der Waals surface area contributed by atoms with Crippen LogP contribution in [0.3, 0.4) is 0 Å². The van der Waals surface area contributed by atoms with Crippen LogP contribution in [0.2, 0.25) is 0 Å². The van der Waals surface area contributed by atoms with Crippen LogP contribution in [0, 0.1) is 5.82 Å². The third kappa shape index (κ3) is 3.99. The Hall–Kier alpha value is -2.58. The van der Waals surface area contributed by atoms with Crippen molar-refractivity contribution in [1.82, 2.24) is 9.78 Å². The number of benzene rings is 1. The van der Waals surface area contributed by atoms with Crippen molar-refractivity contribution in [1.29, 1.82) is 0 Å². The highest BCUT2D eigenvalue weighted by atomic mass is 19.4. The van der Waals surface area contributed by atoms with Crippen molar-refractivity contribution in [2.75, 3.05) is 12.3 Å². The summed E-state index contributed by atoms with van der Waals surface area (Å²) in [5.41, 5.74) is 5.16. The van der Waals surface area contributed by atoms with E-state index < -0.39 is 24.5 Å². The lowest BCUT2D eigenvalue weighted by molar-refractivity contribution is -0.142. The molecule has 2 N–H and O–H groups in total. The van der Waals surface area contributed by atoms with Gasteiger partial charge in [-0.15, -0.1) is 0 Å². The molecule has 2 rings (SSSR count). The molecule has 0 bridgehead atoms. The van der Waals surface area contributed by atoms with Crippen LogP contribution >= 0.6 is 0 Å². The van der Waals surface area contributed by atoms with Gasteiger partial charge in [0.15, 0.2) is 0 Å². The number of anilines is 1. The van der Waals surface area contributed by atoms with Gasteiger partial charge in [0.05, 0.1) is 18.4 Å². The van der Waals surface area contributed by atoms with Gasteiger partial charge in [-0.1, -0.05) is 0 Å². The van der Waals surface area contributed by atoms with Crippen molar-refractivity contribution in [3.63, 3.8) is 0 Å². The van der Waals surface area contributed by atoms with Crippen LogP contribution in [0.5, 0.6) is 0 Å². The Morgan fingerprint density at radius 1 is 1.39 bits per heavy atom. The smallest absolute Gasteiger partial charge is 0.408 e. The second kappa shape index (κ2) is 6.27. The molecule has 0 radical (unpaired) electrons. The van der Waals surface area contributed by atoms with E-state index in [4.69, 9.17) is 10.5 Å². The number of hydrogen-bond acceptors (Lipinski definition) is 4. The van der Waals surface area contributed by atoms with E-state index >= 15 is 0 Å². The number of nitrogens with zero attached hydrogens (tertiary/aromatic N) is 2. The number of ether oxygens (including phenoxy) is 1. The fourth-order valence-electron chi connectivity index (χ4n) is 2.05. The van der Waals surface area contributed by atoms with Crippen LogP contribution < -0.4 is 5.73 Å². The van der Waals surface area contributed by atoms with Crippen molar-refractivity contribution in [2.45, 2.75) is 19.6 Å². The van der Waals surface area contributed by atoms with E-state index in [1.807, 2.05) is 0 Å². The third-order valence-corrected chi connectivity index (χ3v) is 2.87. The zero-order valence-electron chi connectivity index (χ0n) is 12.0. The van der Waals surface area contributed by atoms with Gasteiger partial charge in [0, 0.05) is 23.0 Å². The van der Waals surface area contributed by atoms with E-state index in [0.29, 0.717) is 4.68 Å². The van der Waals surface area contributed by atoms with Crippen LogP contribution in [0.15, 0.2) is 24.5 Å². The predicted molar refractivity (Wildman–Crippen MR) is 74.0 cm³/mol. The van der Waals surface area contributed by atoms with E-state index in [9.17, 15) is 22.4 Å². The SMILES string of the molecule is CCOC(=O)c1cc(N)cc(F)c1-c1cnn(CC(F)(F)F)c1. The molecule has 0 unspecified atom stereocenters. The van der Waals surface area contributed by atoms with Gasteiger partial charge in [-0.2, -0.15) is 18.3 Å². The lowest BCUT2D eigenvalue weighted by atomic mass is 10.0. The number of halogens is 4. The van der Waals surface area contributed by atoms with Gasteiger partial charge in [0.25, 0.3) is 0 Å². The van der Waals surface area contributed by atoms with E-state index in [1.165, 1.54) is 6.07 Å². The Morgan fingerprint density at radius 3 is 2.70 bits per heavy atom. The van der Waals surface area contributed by atoms with Crippen LogP contribution in [-0.2, 0) is 11.3 Å². The lowest BCUT2D eigenvalue weighted by Crippen LogP contribution is -2.17. The number of esters is 1. The minimum absolute atomic E-state index is 0.00279. The van der Waals surface area contributed by atoms with Gasteiger partial charge in [-0.3, -0.25) is 4.68 Å². The molecule has 0 aliphatic heterocycles. The molecule has 0 atom stereocenters. The van der Waals surface area contributed by atoms with Crippen LogP contribution in [0.25, 0.3) is 11.1 Å². The maximum absolute atomic E-state index is 14.2. The van der Waals surface area contributed by atoms with E-state index in [2.05, 4.69) is 5.10 Å². The second-order valence-electron chi connectivity index (χ2n) is 4.69. The molecule has 0 saturated heterocycles. The van der Waals surface area contributed by atoms with Crippen molar-refractivity contribution in [2.24, 2.45) is 0 Å². The van der Waals surface area contributed by atoms with Crippen molar-refractivity contribution < 1.29 is 27.1 Å². The van der Waals surface area contributed by atoms with Crippen molar-refractivity contribution in [3.05, 3.63) is 35.9 Å². The van der Waals surface area contributed by atoms with E-state index in [1.54, 1.807) is 6.92 Å². The monoisotopic (exact) mass is 331 g/mol. The number of nitrogens with two attached hydrogens (primary N) is 1. The minimum atomic E-state index is -4.47. The summed E-state index contributed by atoms with van der Waals surface area (Å²) in [7, 11) is 0. The molecule has 0 aliphatic rings. The number of carbonyl (C=O) groups excluding carboxylic acids is 1. The summed E-state index contributed by atoms with van der Waals surface area (Å²) >= 11 is 0. The lowest BCUT2D eigenvalue weighted by Gasteiger charge is -2.10. The Labute approximate surface area is 128 Å². The average molecular weight is 331 g/mol. The second-order valence-corrected chi connectivity index (χ2v) is 4.69. The molecule has 0 amide bonds. The largest absolute Gasteiger partial charge is 0.462 e. The van der Waals surface area contributed by atoms with Gasteiger partial charge < -0.3 is 10.5 Å². The standard InChI is InChI=1S/C14H13F4N3O2/c1-2-23-13(22)10-3-9(19)4-11(15)12(10)8-5-20-21(6-8)7-14(16,17)18/h3-6H,2,7,19H2,1H3. The molecule has 0 spiro atoms. The first-order chi connectivity index (χ1) is 10.7. The summed E-state index contributed by atoms with van der Waals surface area (Å²) in [5, 5.41) is 3.53. The summed E-state index contributed by atoms with van der Waals surface area (Å²) in [6, 6.07) is 2.18. The normalized spacial score (nSPS) is 11.5. The molecule has 1 heterocycles. The van der Waals surface area contributed by atoms with E-state index in [0.717, 1.165) is 18.5 Å². The molecule has 1 aromatic heterocycles. The predicted octanol–water partition coefficient (Wildman–Crippen LogP) is 3.01. The topological polar surface area (TPSA) is 70.1 Å². The molecule has 0 saturated carbocycles. The maximum atomic E-state index is 14.2. The molecule has 124 valence electrons. The first-order valence-electron chi connectivity index (χ1n) is 6.57. The number of hydrogen-bond donors (Lipinski definition) is 1. The van der Waals surface area contributed by atoms with Gasteiger partial charge in [-0.05, 0) is 19.1 Å². The first-order valence-corrected chi connectivity index (χ1v) is 6.57. The maximum Gasteiger partial charge on any atom is 0.408 e. The molecular formula is C14H13F4N3O2. The quantitative estimate of drug-likeness (QED) is 0.531. The molecule has 0 fully saturated rings. The van der Waals surface area contributed by atoms with Crippen LogP contribution in [0.4, 0.5) is 23.2 Å². The minimum Gasteiger partial charge on any atom is -0.462 e. The van der Waals surface area contributed by atoms with Crippen molar-refractivity contribution >= 4 is 11.7 Å². The van der Waals surface area contributed by atoms with Gasteiger partial charge in [0.1, 0.15) is 12.4 Å². The van der Waals surface area contributed by atoms with Crippen LogP contribution in [0.1, 0.15) is 17.3 Å². The number of nitrogen functional groups attached to an aromatic ring is 1. The Balaban J connectivity index is 2.48. The van der Waals surface area contributed by atoms with Gasteiger partial charge in [-0.25, -0.2) is 9.18 Å². The Kier molecular flexibility index (Phi) is 4.57.